The molecule has 0 amide bonds. The van der Waals surface area contributed by atoms with Crippen LogP contribution in [0.15, 0.2) is 0 Å². The van der Waals surface area contributed by atoms with Crippen LogP contribution < -0.4 is 35.5 Å². The molecule has 0 aromatic rings. The zero-order chi connectivity index (χ0) is 13.6. The minimum Gasteiger partial charge on any atom is -0.373 e. The van der Waals surface area contributed by atoms with Crippen LogP contribution in [0.25, 0.3) is 0 Å². The summed E-state index contributed by atoms with van der Waals surface area (Å²) < 4.78 is 0. The average molecular weight is 280 g/mol. The van der Waals surface area contributed by atoms with Gasteiger partial charge >= 0.3 is 35.5 Å². The van der Waals surface area contributed by atoms with Crippen molar-refractivity contribution in [3.05, 3.63) is 0 Å². The second-order valence-corrected chi connectivity index (χ2v) is 5.31. The first-order valence-electron chi connectivity index (χ1n) is 7.63. The van der Waals surface area contributed by atoms with E-state index in [0.717, 1.165) is 12.8 Å². The van der Waals surface area contributed by atoms with Crippen LogP contribution in [-0.4, -0.2) is 5.97 Å². The van der Waals surface area contributed by atoms with Gasteiger partial charge in [0, 0.05) is 0 Å². The maximum atomic E-state index is 11.1. The van der Waals surface area contributed by atoms with E-state index >= 15 is 0 Å². The molecule has 1 unspecified atom stereocenters. The summed E-state index contributed by atoms with van der Waals surface area (Å²) in [7, 11) is 0. The molecule has 108 valence electrons. The maximum Gasteiger partial charge on any atom is 1.00 e. The largest absolute Gasteiger partial charge is 1.00 e. The smallest absolute Gasteiger partial charge is 0.373 e. The number of unbranched alkanes of at least 4 members (excludes halogenated alkanes) is 9. The number of nitrogens with two attached hydrogens (primary N) is 1. The molecule has 19 heavy (non-hydrogen) atoms. The Bertz CT molecular complexity index is 201. The Hall–Kier alpha value is 0.430. The fraction of sp³-hybridized carbons (Fsp3) is 0.933. The molecule has 0 spiro atoms. The minimum absolute atomic E-state index is 0. The van der Waals surface area contributed by atoms with Crippen LogP contribution in [0, 0.1) is 5.92 Å². The van der Waals surface area contributed by atoms with Gasteiger partial charge in [0.1, 0.15) is 0 Å². The molecular weight excluding hydrogens is 249 g/mol. The van der Waals surface area contributed by atoms with Gasteiger partial charge in [-0.25, -0.2) is 0 Å². The predicted molar refractivity (Wildman–Crippen MR) is 75.9 cm³/mol. The van der Waals surface area contributed by atoms with Crippen LogP contribution in [0.2, 0.25) is 0 Å². The standard InChI is InChI=1S/C15H31NO2.Na/c1-3-4-5-6-7-8-9-10-11-12-13-14(2)15(17)18-16;/h14H,3-13,16H2,1-2H3;/q;+1. The van der Waals surface area contributed by atoms with E-state index in [1.807, 2.05) is 6.92 Å². The Morgan fingerprint density at radius 1 is 0.947 bits per heavy atom. The number of carbonyl (C=O) groups is 1. The van der Waals surface area contributed by atoms with Gasteiger partial charge in [0.05, 0.1) is 5.92 Å². The number of hydrogen-bond donors (Lipinski definition) is 1. The zero-order valence-corrected chi connectivity index (χ0v) is 15.2. The van der Waals surface area contributed by atoms with Gasteiger partial charge in [-0.2, -0.15) is 5.90 Å². The van der Waals surface area contributed by atoms with E-state index < -0.39 is 0 Å². The Kier molecular flexibility index (Phi) is 18.8. The maximum absolute atomic E-state index is 11.1. The normalized spacial score (nSPS) is 11.7. The van der Waals surface area contributed by atoms with Gasteiger partial charge < -0.3 is 4.84 Å². The number of hydrogen-bond acceptors (Lipinski definition) is 3. The van der Waals surface area contributed by atoms with E-state index in [1.54, 1.807) is 0 Å². The first-order chi connectivity index (χ1) is 8.72. The Morgan fingerprint density at radius 3 is 1.79 bits per heavy atom. The van der Waals surface area contributed by atoms with E-state index in [-0.39, 0.29) is 41.4 Å². The Morgan fingerprint density at radius 2 is 1.37 bits per heavy atom. The average Bonchev–Trinajstić information content (AvgIpc) is 2.39. The summed E-state index contributed by atoms with van der Waals surface area (Å²) in [6.45, 7) is 4.13. The van der Waals surface area contributed by atoms with E-state index in [2.05, 4.69) is 11.8 Å². The monoisotopic (exact) mass is 280 g/mol. The summed E-state index contributed by atoms with van der Waals surface area (Å²) >= 11 is 0. The molecule has 0 saturated carbocycles. The van der Waals surface area contributed by atoms with Crippen LogP contribution in [0.4, 0.5) is 0 Å². The molecule has 2 N–H and O–H groups in total. The summed E-state index contributed by atoms with van der Waals surface area (Å²) in [6, 6.07) is 0. The summed E-state index contributed by atoms with van der Waals surface area (Å²) in [4.78, 5) is 15.3. The van der Waals surface area contributed by atoms with Crippen molar-refractivity contribution in [1.29, 1.82) is 0 Å². The van der Waals surface area contributed by atoms with Crippen molar-refractivity contribution in [2.75, 3.05) is 0 Å². The van der Waals surface area contributed by atoms with Crippen LogP contribution in [0.1, 0.15) is 84.5 Å². The van der Waals surface area contributed by atoms with Crippen molar-refractivity contribution in [2.45, 2.75) is 84.5 Å². The molecule has 0 radical (unpaired) electrons. The van der Waals surface area contributed by atoms with Gasteiger partial charge in [0.15, 0.2) is 0 Å². The third kappa shape index (κ3) is 14.6. The Labute approximate surface area is 141 Å². The molecule has 4 heteroatoms. The third-order valence-electron chi connectivity index (χ3n) is 3.51. The summed E-state index contributed by atoms with van der Waals surface area (Å²) in [6.07, 6.45) is 14.1. The van der Waals surface area contributed by atoms with E-state index in [0.29, 0.717) is 0 Å². The Balaban J connectivity index is 0. The molecule has 0 aliphatic carbocycles. The van der Waals surface area contributed by atoms with Crippen molar-refractivity contribution >= 4 is 5.97 Å². The quantitative estimate of drug-likeness (QED) is 0.333. The number of rotatable bonds is 12. The topological polar surface area (TPSA) is 52.3 Å². The van der Waals surface area contributed by atoms with Crippen LogP contribution >= 0.6 is 0 Å². The fourth-order valence-corrected chi connectivity index (χ4v) is 2.17. The molecule has 0 aromatic heterocycles. The molecule has 0 fully saturated rings. The van der Waals surface area contributed by atoms with Gasteiger partial charge in [-0.15, -0.1) is 0 Å². The van der Waals surface area contributed by atoms with Crippen molar-refractivity contribution in [2.24, 2.45) is 11.8 Å². The summed E-state index contributed by atoms with van der Waals surface area (Å²) in [5.74, 6) is 4.51. The molecular formula is C15H31NNaO2+. The van der Waals surface area contributed by atoms with E-state index in [1.165, 1.54) is 57.8 Å². The minimum atomic E-state index is -0.286. The molecule has 0 bridgehead atoms. The van der Waals surface area contributed by atoms with Crippen molar-refractivity contribution < 1.29 is 39.2 Å². The molecule has 0 rings (SSSR count). The summed E-state index contributed by atoms with van der Waals surface area (Å²) in [5.41, 5.74) is 0. The van der Waals surface area contributed by atoms with Gasteiger partial charge in [0.25, 0.3) is 0 Å². The van der Waals surface area contributed by atoms with E-state index in [9.17, 15) is 4.79 Å². The van der Waals surface area contributed by atoms with Crippen molar-refractivity contribution in [3.63, 3.8) is 0 Å². The van der Waals surface area contributed by atoms with Crippen molar-refractivity contribution in [3.8, 4) is 0 Å². The molecule has 0 aliphatic rings. The molecule has 0 aromatic carbocycles. The van der Waals surface area contributed by atoms with Crippen LogP contribution in [0.5, 0.6) is 0 Å². The summed E-state index contributed by atoms with van der Waals surface area (Å²) in [5, 5.41) is 0. The third-order valence-corrected chi connectivity index (χ3v) is 3.51. The molecule has 3 nitrogen and oxygen atoms in total. The molecule has 0 aliphatic heterocycles. The zero-order valence-electron chi connectivity index (χ0n) is 13.2. The second kappa shape index (κ2) is 16.5. The fourth-order valence-electron chi connectivity index (χ4n) is 2.17. The van der Waals surface area contributed by atoms with E-state index in [4.69, 9.17) is 5.90 Å². The molecule has 0 heterocycles. The predicted octanol–water partition coefficient (Wildman–Crippen LogP) is 1.35. The van der Waals surface area contributed by atoms with Crippen LogP contribution in [0.3, 0.4) is 0 Å². The SMILES string of the molecule is CCCCCCCCCCCCC(C)C(=O)ON.[Na+]. The first-order valence-corrected chi connectivity index (χ1v) is 7.63. The van der Waals surface area contributed by atoms with Gasteiger partial charge in [-0.3, -0.25) is 4.79 Å². The van der Waals surface area contributed by atoms with Crippen molar-refractivity contribution in [1.82, 2.24) is 0 Å². The molecule has 0 saturated heterocycles. The first kappa shape index (κ1) is 21.7. The molecule has 1 atom stereocenters. The van der Waals surface area contributed by atoms with Gasteiger partial charge in [-0.1, -0.05) is 78.1 Å². The number of carbonyl (C=O) groups excluding carboxylic acids is 1. The van der Waals surface area contributed by atoms with Crippen LogP contribution in [-0.2, 0) is 9.63 Å². The van der Waals surface area contributed by atoms with Gasteiger partial charge in [0.2, 0.25) is 0 Å². The van der Waals surface area contributed by atoms with Gasteiger partial charge in [-0.05, 0) is 6.42 Å². The second-order valence-electron chi connectivity index (χ2n) is 5.31.